The van der Waals surface area contributed by atoms with Gasteiger partial charge in [-0.1, -0.05) is 33.6 Å². The van der Waals surface area contributed by atoms with Crippen LogP contribution in [0.4, 0.5) is 0 Å². The van der Waals surface area contributed by atoms with Crippen molar-refractivity contribution in [2.24, 2.45) is 0 Å². The predicted molar refractivity (Wildman–Crippen MR) is 82.3 cm³/mol. The summed E-state index contributed by atoms with van der Waals surface area (Å²) in [5.41, 5.74) is 1.95. The summed E-state index contributed by atoms with van der Waals surface area (Å²) in [5, 5.41) is 2.88. The first kappa shape index (κ1) is 16.5. The average Bonchev–Trinajstić information content (AvgIpc) is 2.39. The van der Waals surface area contributed by atoms with Crippen LogP contribution in [0.2, 0.25) is 0 Å². The van der Waals surface area contributed by atoms with Crippen LogP contribution in [-0.2, 0) is 12.8 Å². The van der Waals surface area contributed by atoms with E-state index in [2.05, 4.69) is 24.1 Å². The fraction of sp³-hybridized carbons (Fsp3) is 0.625. The van der Waals surface area contributed by atoms with Gasteiger partial charge in [0.25, 0.3) is 11.5 Å². The van der Waals surface area contributed by atoms with E-state index < -0.39 is 0 Å². The lowest BCUT2D eigenvalue weighted by atomic mass is 10.0. The van der Waals surface area contributed by atoms with Gasteiger partial charge in [-0.05, 0) is 37.8 Å². The third-order valence-corrected chi connectivity index (χ3v) is 3.44. The summed E-state index contributed by atoms with van der Waals surface area (Å²) in [6, 6.07) is 1.84. The second-order valence-electron chi connectivity index (χ2n) is 5.28. The Kier molecular flexibility index (Phi) is 6.49. The summed E-state index contributed by atoms with van der Waals surface area (Å²) in [6.45, 7) is 8.14. The zero-order chi connectivity index (χ0) is 15.1. The van der Waals surface area contributed by atoms with Crippen molar-refractivity contribution in [1.29, 1.82) is 0 Å². The Labute approximate surface area is 121 Å². The lowest BCUT2D eigenvalue weighted by Gasteiger charge is -2.14. The molecule has 20 heavy (non-hydrogen) atoms. The van der Waals surface area contributed by atoms with Crippen molar-refractivity contribution in [3.8, 4) is 0 Å². The molecule has 0 saturated heterocycles. The van der Waals surface area contributed by atoms with E-state index >= 15 is 0 Å². The number of aromatic amines is 1. The molecule has 0 saturated carbocycles. The van der Waals surface area contributed by atoms with Gasteiger partial charge in [0.2, 0.25) is 0 Å². The van der Waals surface area contributed by atoms with Crippen LogP contribution in [0.1, 0.15) is 68.6 Å². The van der Waals surface area contributed by atoms with Crippen LogP contribution in [-0.4, -0.2) is 16.9 Å². The van der Waals surface area contributed by atoms with Crippen molar-refractivity contribution >= 4 is 5.91 Å². The monoisotopic (exact) mass is 278 g/mol. The number of hydrogen-bond acceptors (Lipinski definition) is 2. The van der Waals surface area contributed by atoms with Crippen LogP contribution >= 0.6 is 0 Å². The molecule has 0 fully saturated rings. The van der Waals surface area contributed by atoms with Crippen LogP contribution < -0.4 is 10.9 Å². The van der Waals surface area contributed by atoms with Crippen molar-refractivity contribution in [1.82, 2.24) is 10.3 Å². The highest BCUT2D eigenvalue weighted by atomic mass is 16.2. The van der Waals surface area contributed by atoms with Gasteiger partial charge in [0, 0.05) is 11.7 Å². The Balaban J connectivity index is 3.00. The third kappa shape index (κ3) is 4.22. The van der Waals surface area contributed by atoms with Crippen LogP contribution in [0.15, 0.2) is 10.9 Å². The lowest BCUT2D eigenvalue weighted by molar-refractivity contribution is 0.0936. The first-order valence-electron chi connectivity index (χ1n) is 7.59. The van der Waals surface area contributed by atoms with E-state index in [-0.39, 0.29) is 23.1 Å². The number of pyridine rings is 1. The Bertz CT molecular complexity index is 506. The molecule has 0 aromatic carbocycles. The Morgan fingerprint density at radius 3 is 2.55 bits per heavy atom. The second-order valence-corrected chi connectivity index (χ2v) is 5.28. The summed E-state index contributed by atoms with van der Waals surface area (Å²) >= 11 is 0. The average molecular weight is 278 g/mol. The zero-order valence-electron chi connectivity index (χ0n) is 13.0. The molecule has 1 heterocycles. The SMILES string of the molecule is CCCc1[nH]c(=O)c(C(=O)N[C@@H](C)CCC)cc1CC. The lowest BCUT2D eigenvalue weighted by Crippen LogP contribution is -2.36. The molecule has 4 heteroatoms. The Morgan fingerprint density at radius 1 is 1.30 bits per heavy atom. The first-order chi connectivity index (χ1) is 9.53. The van der Waals surface area contributed by atoms with Gasteiger partial charge in [-0.3, -0.25) is 9.59 Å². The number of H-pyrrole nitrogens is 1. The molecule has 0 aliphatic carbocycles. The normalized spacial score (nSPS) is 12.2. The molecule has 0 bridgehead atoms. The first-order valence-corrected chi connectivity index (χ1v) is 7.59. The number of amides is 1. The fourth-order valence-corrected chi connectivity index (χ4v) is 2.38. The minimum Gasteiger partial charge on any atom is -0.349 e. The molecule has 0 aliphatic heterocycles. The fourth-order valence-electron chi connectivity index (χ4n) is 2.38. The Morgan fingerprint density at radius 2 is 2.00 bits per heavy atom. The van der Waals surface area contributed by atoms with Gasteiger partial charge in [-0.25, -0.2) is 0 Å². The molecule has 0 aliphatic rings. The van der Waals surface area contributed by atoms with Crippen LogP contribution in [0.5, 0.6) is 0 Å². The standard InChI is InChI=1S/C16H26N2O2/c1-5-8-11(4)17-15(19)13-10-12(7-3)14(9-6-2)18-16(13)20/h10-11H,5-9H2,1-4H3,(H,17,19)(H,18,20)/t11-/m0/s1. The summed E-state index contributed by atoms with van der Waals surface area (Å²) in [6.07, 6.45) is 4.55. The number of nitrogens with one attached hydrogen (secondary N) is 2. The summed E-state index contributed by atoms with van der Waals surface area (Å²) in [5.74, 6) is -0.273. The van der Waals surface area contributed by atoms with Crippen molar-refractivity contribution in [2.45, 2.75) is 65.8 Å². The molecule has 0 spiro atoms. The second kappa shape index (κ2) is 7.88. The molecule has 1 amide bonds. The Hall–Kier alpha value is -1.58. The molecule has 0 radical (unpaired) electrons. The molecular formula is C16H26N2O2. The van der Waals surface area contributed by atoms with Gasteiger partial charge < -0.3 is 10.3 Å². The highest BCUT2D eigenvalue weighted by Gasteiger charge is 2.15. The van der Waals surface area contributed by atoms with Crippen molar-refractivity contribution in [2.75, 3.05) is 0 Å². The van der Waals surface area contributed by atoms with E-state index in [4.69, 9.17) is 0 Å². The number of aromatic nitrogens is 1. The maximum Gasteiger partial charge on any atom is 0.261 e. The highest BCUT2D eigenvalue weighted by Crippen LogP contribution is 2.10. The molecule has 0 unspecified atom stereocenters. The van der Waals surface area contributed by atoms with Crippen molar-refractivity contribution in [3.63, 3.8) is 0 Å². The quantitative estimate of drug-likeness (QED) is 0.805. The van der Waals surface area contributed by atoms with E-state index in [1.54, 1.807) is 6.07 Å². The summed E-state index contributed by atoms with van der Waals surface area (Å²) in [4.78, 5) is 27.1. The van der Waals surface area contributed by atoms with E-state index in [9.17, 15) is 9.59 Å². The van der Waals surface area contributed by atoms with Crippen molar-refractivity contribution in [3.05, 3.63) is 33.2 Å². The molecular weight excluding hydrogens is 252 g/mol. The van der Waals surface area contributed by atoms with Gasteiger partial charge in [0.1, 0.15) is 5.56 Å². The van der Waals surface area contributed by atoms with Crippen LogP contribution in [0.25, 0.3) is 0 Å². The smallest absolute Gasteiger partial charge is 0.261 e. The molecule has 1 aromatic rings. The van der Waals surface area contributed by atoms with E-state index in [0.29, 0.717) is 0 Å². The van der Waals surface area contributed by atoms with Crippen LogP contribution in [0.3, 0.4) is 0 Å². The van der Waals surface area contributed by atoms with Gasteiger partial charge in [0.05, 0.1) is 0 Å². The number of aryl methyl sites for hydroxylation is 2. The minimum absolute atomic E-state index is 0.0901. The van der Waals surface area contributed by atoms with E-state index in [0.717, 1.165) is 43.4 Å². The van der Waals surface area contributed by atoms with Gasteiger partial charge in [-0.15, -0.1) is 0 Å². The predicted octanol–water partition coefficient (Wildman–Crippen LogP) is 2.81. The molecule has 4 nitrogen and oxygen atoms in total. The summed E-state index contributed by atoms with van der Waals surface area (Å²) < 4.78 is 0. The number of carbonyl (C=O) groups excluding carboxylic acids is 1. The topological polar surface area (TPSA) is 62.0 Å². The van der Waals surface area contributed by atoms with E-state index in [1.165, 1.54) is 0 Å². The van der Waals surface area contributed by atoms with Gasteiger partial charge in [-0.2, -0.15) is 0 Å². The summed E-state index contributed by atoms with van der Waals surface area (Å²) in [7, 11) is 0. The largest absolute Gasteiger partial charge is 0.349 e. The zero-order valence-corrected chi connectivity index (χ0v) is 13.0. The maximum absolute atomic E-state index is 12.2. The van der Waals surface area contributed by atoms with Crippen molar-refractivity contribution < 1.29 is 4.79 Å². The molecule has 1 atom stereocenters. The van der Waals surface area contributed by atoms with Gasteiger partial charge >= 0.3 is 0 Å². The van der Waals surface area contributed by atoms with Crippen LogP contribution in [0, 0.1) is 0 Å². The minimum atomic E-state index is -0.285. The highest BCUT2D eigenvalue weighted by molar-refractivity contribution is 5.94. The molecule has 1 aromatic heterocycles. The third-order valence-electron chi connectivity index (χ3n) is 3.44. The molecule has 1 rings (SSSR count). The molecule has 2 N–H and O–H groups in total. The maximum atomic E-state index is 12.2. The number of hydrogen-bond donors (Lipinski definition) is 2. The number of rotatable bonds is 7. The number of carbonyl (C=O) groups is 1. The van der Waals surface area contributed by atoms with Gasteiger partial charge in [0.15, 0.2) is 0 Å². The van der Waals surface area contributed by atoms with E-state index in [1.807, 2.05) is 13.8 Å². The molecule has 112 valence electrons.